The number of allylic oxidation sites excluding steroid dienone is 15. The minimum atomic E-state index is -1.01. The first-order valence-electron chi connectivity index (χ1n) is 19.2. The summed E-state index contributed by atoms with van der Waals surface area (Å²) in [5.74, 6) is 1.41. The van der Waals surface area contributed by atoms with Gasteiger partial charge in [0.05, 0.1) is 11.5 Å². The molecule has 1 aromatic carbocycles. The van der Waals surface area contributed by atoms with Crippen LogP contribution in [0.15, 0.2) is 125 Å². The van der Waals surface area contributed by atoms with Crippen molar-refractivity contribution in [3.8, 4) is 11.6 Å². The van der Waals surface area contributed by atoms with Gasteiger partial charge < -0.3 is 19.7 Å². The van der Waals surface area contributed by atoms with Gasteiger partial charge in [0.15, 0.2) is 6.29 Å². The number of rotatable bonds is 24. The van der Waals surface area contributed by atoms with Gasteiger partial charge in [0.1, 0.15) is 12.5 Å². The molecular weight excluding hydrogens is 667 g/mol. The molecule has 6 nitrogen and oxygen atoms in total. The van der Waals surface area contributed by atoms with Gasteiger partial charge in [0, 0.05) is 12.8 Å². The zero-order valence-corrected chi connectivity index (χ0v) is 32.1. The van der Waals surface area contributed by atoms with E-state index in [9.17, 15) is 15.0 Å². The topological polar surface area (TPSA) is 80.9 Å². The normalized spacial score (nSPS) is 16.8. The second kappa shape index (κ2) is 23.6. The molecule has 0 spiro atoms. The average Bonchev–Trinajstić information content (AvgIpc) is 3.85. The molecular formula is C45H59NO5S. The number of benzene rings is 1. The third kappa shape index (κ3) is 15.0. The first-order chi connectivity index (χ1) is 25.5. The molecule has 1 heterocycles. The van der Waals surface area contributed by atoms with Gasteiger partial charge in [0.25, 0.3) is 0 Å². The molecule has 2 aromatic rings. The fraction of sp³-hybridized carbons (Fsp3) is 0.444. The van der Waals surface area contributed by atoms with Crippen molar-refractivity contribution in [1.82, 2.24) is 4.57 Å². The molecule has 2 aliphatic rings. The van der Waals surface area contributed by atoms with Crippen LogP contribution in [0.4, 0.5) is 0 Å². The maximum absolute atomic E-state index is 12.6. The third-order valence-corrected chi connectivity index (χ3v) is 10.2. The lowest BCUT2D eigenvalue weighted by molar-refractivity contribution is -0.130. The summed E-state index contributed by atoms with van der Waals surface area (Å²) in [6.45, 7) is 4.83. The van der Waals surface area contributed by atoms with E-state index in [-0.39, 0.29) is 17.5 Å². The molecule has 1 fully saturated rings. The minimum Gasteiger partial charge on any atom is -0.494 e. The number of thiazole rings is 1. The van der Waals surface area contributed by atoms with Crippen molar-refractivity contribution < 1.29 is 19.7 Å². The molecule has 1 saturated carbocycles. The summed E-state index contributed by atoms with van der Waals surface area (Å²) in [4.78, 5) is 12.9. The van der Waals surface area contributed by atoms with E-state index in [1.165, 1.54) is 28.6 Å². The summed E-state index contributed by atoms with van der Waals surface area (Å²) in [6.07, 6.45) is 40.7. The van der Waals surface area contributed by atoms with E-state index in [0.717, 1.165) is 92.8 Å². The zero-order chi connectivity index (χ0) is 36.8. The summed E-state index contributed by atoms with van der Waals surface area (Å²) < 4.78 is 12.7. The number of aromatic nitrogens is 1. The van der Waals surface area contributed by atoms with Crippen LogP contribution in [0.3, 0.4) is 0 Å². The number of fused-ring (bicyclic) bond motifs is 1. The molecule has 2 N–H and O–H groups in total. The maximum atomic E-state index is 12.6. The third-order valence-electron chi connectivity index (χ3n) is 9.24. The van der Waals surface area contributed by atoms with Crippen molar-refractivity contribution >= 4 is 11.3 Å². The van der Waals surface area contributed by atoms with Gasteiger partial charge in [-0.3, -0.25) is 4.79 Å². The van der Waals surface area contributed by atoms with E-state index >= 15 is 0 Å². The van der Waals surface area contributed by atoms with E-state index in [0.29, 0.717) is 24.3 Å². The number of hydrogen-bond donors (Lipinski definition) is 2. The summed E-state index contributed by atoms with van der Waals surface area (Å²) in [5, 5.41) is 21.1. The number of aliphatic hydroxyl groups is 1. The van der Waals surface area contributed by atoms with Crippen molar-refractivity contribution in [2.45, 2.75) is 117 Å². The molecule has 0 bridgehead atoms. The number of aliphatic hydroxyl groups excluding tert-OH is 1. The van der Waals surface area contributed by atoms with Crippen LogP contribution >= 0.6 is 11.3 Å². The lowest BCUT2D eigenvalue weighted by Crippen LogP contribution is -2.20. The highest BCUT2D eigenvalue weighted by Gasteiger charge is 2.31. The van der Waals surface area contributed by atoms with Gasteiger partial charge in [-0.25, -0.2) is 4.57 Å². The van der Waals surface area contributed by atoms with Gasteiger partial charge in [0.2, 0.25) is 5.88 Å². The highest BCUT2D eigenvalue weighted by Crippen LogP contribution is 2.45. The van der Waals surface area contributed by atoms with E-state index in [1.807, 2.05) is 24.3 Å². The molecule has 0 amide bonds. The van der Waals surface area contributed by atoms with Crippen molar-refractivity contribution in [2.24, 2.45) is 5.92 Å². The highest BCUT2D eigenvalue weighted by molar-refractivity contribution is 7.09. The van der Waals surface area contributed by atoms with Crippen LogP contribution in [0, 0.1) is 5.92 Å². The van der Waals surface area contributed by atoms with E-state index in [4.69, 9.17) is 9.47 Å². The summed E-state index contributed by atoms with van der Waals surface area (Å²) in [7, 11) is 0. The molecule has 4 rings (SSSR count). The number of nitrogens with zero attached hydrogens (tertiary/aromatic N) is 1. The molecule has 280 valence electrons. The second-order valence-corrected chi connectivity index (χ2v) is 14.4. The minimum absolute atomic E-state index is 0.113. The van der Waals surface area contributed by atoms with Crippen LogP contribution in [0.2, 0.25) is 0 Å². The van der Waals surface area contributed by atoms with E-state index in [1.54, 1.807) is 5.57 Å². The fourth-order valence-corrected chi connectivity index (χ4v) is 6.89. The summed E-state index contributed by atoms with van der Waals surface area (Å²) in [6, 6.07) is 7.81. The van der Waals surface area contributed by atoms with Gasteiger partial charge in [-0.05, 0) is 99.8 Å². The molecule has 0 saturated heterocycles. The summed E-state index contributed by atoms with van der Waals surface area (Å²) in [5.41, 5.74) is 5.38. The number of ether oxygens (including phenoxy) is 2. The Bertz CT molecular complexity index is 1660. The fourth-order valence-electron chi connectivity index (χ4n) is 5.99. The Labute approximate surface area is 315 Å². The SMILES string of the molecule is CCCC=CCC=CCC=CCC=CCC=CCCCC(O)OCn1c(O)c(Cc2ccc(OCCC3=C4CC4CC=C(CC)C=C3)cc2)sc1=O. The quantitative estimate of drug-likeness (QED) is 0.0640. The van der Waals surface area contributed by atoms with Gasteiger partial charge in [-0.2, -0.15) is 0 Å². The molecule has 0 radical (unpaired) electrons. The van der Waals surface area contributed by atoms with Crippen LogP contribution in [0.25, 0.3) is 0 Å². The van der Waals surface area contributed by atoms with Gasteiger partial charge >= 0.3 is 4.87 Å². The van der Waals surface area contributed by atoms with E-state index in [2.05, 4.69) is 92.8 Å². The Morgan fingerprint density at radius 2 is 1.56 bits per heavy atom. The zero-order valence-electron chi connectivity index (χ0n) is 31.3. The largest absolute Gasteiger partial charge is 0.494 e. The molecule has 2 unspecified atom stereocenters. The lowest BCUT2D eigenvalue weighted by Gasteiger charge is -2.12. The Kier molecular flexibility index (Phi) is 18.6. The average molecular weight is 726 g/mol. The van der Waals surface area contributed by atoms with Crippen LogP contribution in [0.5, 0.6) is 11.6 Å². The molecule has 2 atom stereocenters. The maximum Gasteiger partial charge on any atom is 0.312 e. The van der Waals surface area contributed by atoms with Gasteiger partial charge in [-0.1, -0.05) is 134 Å². The molecule has 52 heavy (non-hydrogen) atoms. The molecule has 1 aromatic heterocycles. The van der Waals surface area contributed by atoms with Crippen LogP contribution < -0.4 is 9.61 Å². The number of aromatic hydroxyl groups is 1. The molecule has 7 heteroatoms. The standard InChI is InChI=1S/C45H59NO5S/c1-3-5-6-7-8-9-10-11-12-13-14-15-16-17-18-19-20-21-22-43(47)51-35-46-44(48)42(52-45(46)49)33-37-25-29-40(30-26-37)50-32-31-38-27-23-36(4-2)24-28-39-34-41(38)39/h6-7,9-10,12-13,15-16,18-19,23-27,29-30,39,43,47-48H,3-5,8,11,14,17,20-22,28,31-35H2,1-2H3. The predicted octanol–water partition coefficient (Wildman–Crippen LogP) is 11.2. The monoisotopic (exact) mass is 725 g/mol. The second-order valence-electron chi connectivity index (χ2n) is 13.4. The number of hydrogen-bond acceptors (Lipinski definition) is 6. The van der Waals surface area contributed by atoms with Crippen LogP contribution in [-0.4, -0.2) is 27.7 Å². The van der Waals surface area contributed by atoms with Gasteiger partial charge in [-0.15, -0.1) is 0 Å². The molecule has 2 aliphatic carbocycles. The van der Waals surface area contributed by atoms with Crippen molar-refractivity contribution in [2.75, 3.05) is 6.61 Å². The first-order valence-corrected chi connectivity index (χ1v) is 20.1. The summed E-state index contributed by atoms with van der Waals surface area (Å²) >= 11 is 0.998. The number of unbranched alkanes of at least 4 members (excludes halogenated alkanes) is 2. The van der Waals surface area contributed by atoms with E-state index < -0.39 is 6.29 Å². The van der Waals surface area contributed by atoms with Crippen LogP contribution in [0.1, 0.15) is 108 Å². The van der Waals surface area contributed by atoms with Crippen LogP contribution in [-0.2, 0) is 17.9 Å². The predicted molar refractivity (Wildman–Crippen MR) is 217 cm³/mol. The Morgan fingerprint density at radius 1 is 0.904 bits per heavy atom. The van der Waals surface area contributed by atoms with Crippen molar-refractivity contribution in [3.63, 3.8) is 0 Å². The first kappa shape index (κ1) is 40.9. The Hall–Kier alpha value is -3.91. The smallest absolute Gasteiger partial charge is 0.312 e. The lowest BCUT2D eigenvalue weighted by atomic mass is 10.0. The highest BCUT2D eigenvalue weighted by atomic mass is 32.1. The van der Waals surface area contributed by atoms with Crippen molar-refractivity contribution in [3.05, 3.63) is 140 Å². The van der Waals surface area contributed by atoms with Crippen molar-refractivity contribution in [1.29, 1.82) is 0 Å². The Balaban J connectivity index is 1.08. The molecule has 0 aliphatic heterocycles. The Morgan fingerprint density at radius 3 is 2.21 bits per heavy atom.